The smallest absolute Gasteiger partial charge is 0.471 e. The van der Waals surface area contributed by atoms with E-state index in [1.165, 1.54) is 22.9 Å². The predicted octanol–water partition coefficient (Wildman–Crippen LogP) is 0.685. The van der Waals surface area contributed by atoms with Crippen molar-refractivity contribution >= 4 is 35.5 Å². The van der Waals surface area contributed by atoms with Crippen molar-refractivity contribution in [3.8, 4) is 0 Å². The highest BCUT2D eigenvalue weighted by molar-refractivity contribution is 8.00. The largest absolute Gasteiger partial charge is 0.477 e. The van der Waals surface area contributed by atoms with E-state index in [4.69, 9.17) is 0 Å². The van der Waals surface area contributed by atoms with Gasteiger partial charge in [0, 0.05) is 24.4 Å². The summed E-state index contributed by atoms with van der Waals surface area (Å²) in [6, 6.07) is -0.670. The van der Waals surface area contributed by atoms with E-state index in [1.807, 2.05) is 0 Å². The van der Waals surface area contributed by atoms with Crippen LogP contribution in [0.4, 0.5) is 19.1 Å². The number of rotatable bonds is 6. The third kappa shape index (κ3) is 3.79. The number of carboxylic acid groups (broad SMARTS) is 1. The number of carbonyl (C=O) groups is 3. The van der Waals surface area contributed by atoms with Crippen molar-refractivity contribution in [1.82, 2.24) is 20.2 Å². The fraction of sp³-hybridized carbons (Fsp3) is 0.467. The molecule has 0 aliphatic carbocycles. The zero-order valence-electron chi connectivity index (χ0n) is 14.5. The molecule has 0 radical (unpaired) electrons. The van der Waals surface area contributed by atoms with Gasteiger partial charge in [0.2, 0.25) is 5.95 Å². The van der Waals surface area contributed by atoms with Crippen LogP contribution < -0.4 is 10.6 Å². The fourth-order valence-electron chi connectivity index (χ4n) is 2.89. The van der Waals surface area contributed by atoms with Gasteiger partial charge in [-0.05, 0) is 12.5 Å². The van der Waals surface area contributed by atoms with Crippen LogP contribution in [0.3, 0.4) is 0 Å². The lowest BCUT2D eigenvalue weighted by atomic mass is 10.0. The highest BCUT2D eigenvalue weighted by Gasteiger charge is 2.53. The molecule has 1 aromatic rings. The van der Waals surface area contributed by atoms with Crippen molar-refractivity contribution < 1.29 is 32.7 Å². The zero-order valence-corrected chi connectivity index (χ0v) is 15.3. The molecule has 2 aliphatic heterocycles. The number of nitrogens with zero attached hydrogens (tertiary/aromatic N) is 2. The fourth-order valence-corrected chi connectivity index (χ4v) is 4.19. The summed E-state index contributed by atoms with van der Waals surface area (Å²) in [6.07, 6.45) is -3.47. The summed E-state index contributed by atoms with van der Waals surface area (Å²) in [4.78, 5) is 42.6. The Morgan fingerprint density at radius 1 is 1.46 bits per heavy atom. The van der Waals surface area contributed by atoms with Crippen molar-refractivity contribution in [3.63, 3.8) is 0 Å². The molecule has 0 spiro atoms. The first kappa shape index (κ1) is 20.0. The third-order valence-electron chi connectivity index (χ3n) is 4.22. The third-order valence-corrected chi connectivity index (χ3v) is 5.64. The average molecular weight is 419 g/mol. The van der Waals surface area contributed by atoms with Gasteiger partial charge in [0.25, 0.3) is 5.91 Å². The number of alkyl halides is 3. The van der Waals surface area contributed by atoms with Crippen molar-refractivity contribution in [1.29, 1.82) is 0 Å². The van der Waals surface area contributed by atoms with Crippen LogP contribution in [0.5, 0.6) is 0 Å². The number of aromatic nitrogens is 2. The highest BCUT2D eigenvalue weighted by atomic mass is 32.2. The average Bonchev–Trinajstić information content (AvgIpc) is 3.05. The summed E-state index contributed by atoms with van der Waals surface area (Å²) in [7, 11) is 0. The van der Waals surface area contributed by atoms with Crippen molar-refractivity contribution in [2.75, 3.05) is 17.6 Å². The van der Waals surface area contributed by atoms with Crippen molar-refractivity contribution in [2.24, 2.45) is 0 Å². The number of carboxylic acids is 1. The molecule has 28 heavy (non-hydrogen) atoms. The highest BCUT2D eigenvalue weighted by Crippen LogP contribution is 2.40. The first-order chi connectivity index (χ1) is 13.1. The van der Waals surface area contributed by atoms with E-state index in [-0.39, 0.29) is 30.0 Å². The van der Waals surface area contributed by atoms with Crippen LogP contribution in [-0.4, -0.2) is 67.6 Å². The van der Waals surface area contributed by atoms with E-state index in [9.17, 15) is 32.7 Å². The Bertz CT molecular complexity index is 853. The Morgan fingerprint density at radius 2 is 2.18 bits per heavy atom. The van der Waals surface area contributed by atoms with Gasteiger partial charge in [0.05, 0.1) is 6.20 Å². The number of β-lactam (4-membered cyclic amide) rings is 1. The maximum Gasteiger partial charge on any atom is 0.471 e. The van der Waals surface area contributed by atoms with Crippen LogP contribution in [0.25, 0.3) is 0 Å². The molecule has 3 heterocycles. The maximum atomic E-state index is 12.4. The molecule has 2 atom stereocenters. The number of imidazole rings is 1. The molecular weight excluding hydrogens is 403 g/mol. The number of amides is 2. The molecule has 3 rings (SSSR count). The molecule has 13 heteroatoms. The number of thioether (sulfide) groups is 1. The number of H-pyrrole nitrogens is 1. The molecule has 1 saturated heterocycles. The Hall–Kier alpha value is -2.70. The van der Waals surface area contributed by atoms with E-state index in [0.29, 0.717) is 17.0 Å². The molecule has 1 fully saturated rings. The second-order valence-electron chi connectivity index (χ2n) is 6.23. The minimum Gasteiger partial charge on any atom is -0.477 e. The van der Waals surface area contributed by atoms with Gasteiger partial charge < -0.3 is 20.7 Å². The van der Waals surface area contributed by atoms with Crippen LogP contribution in [0, 0.1) is 0 Å². The number of aliphatic carboxylic acids is 1. The molecule has 0 bridgehead atoms. The van der Waals surface area contributed by atoms with Crippen LogP contribution >= 0.6 is 11.8 Å². The van der Waals surface area contributed by atoms with E-state index in [0.717, 1.165) is 0 Å². The minimum atomic E-state index is -4.93. The molecule has 0 aromatic carbocycles. The number of hydrogen-bond donors (Lipinski definition) is 4. The number of fused-ring (bicyclic) bond motifs is 1. The Kier molecular flexibility index (Phi) is 5.28. The van der Waals surface area contributed by atoms with Crippen LogP contribution in [-0.2, 0) is 20.8 Å². The zero-order chi connectivity index (χ0) is 20.6. The lowest BCUT2D eigenvalue weighted by Gasteiger charge is -2.49. The van der Waals surface area contributed by atoms with Gasteiger partial charge in [-0.15, -0.1) is 11.8 Å². The monoisotopic (exact) mass is 419 g/mol. The van der Waals surface area contributed by atoms with Crippen molar-refractivity contribution in [3.05, 3.63) is 23.2 Å². The van der Waals surface area contributed by atoms with Crippen LogP contribution in [0.1, 0.15) is 12.6 Å². The summed E-state index contributed by atoms with van der Waals surface area (Å²) in [5.41, 5.74) is 1.07. The van der Waals surface area contributed by atoms with Gasteiger partial charge in [0.15, 0.2) is 0 Å². The van der Waals surface area contributed by atoms with Gasteiger partial charge in [0.1, 0.15) is 17.1 Å². The molecule has 2 amide bonds. The number of anilines is 1. The summed E-state index contributed by atoms with van der Waals surface area (Å²) in [5, 5.41) is 13.5. The summed E-state index contributed by atoms with van der Waals surface area (Å²) in [6.45, 7) is 1.43. The normalized spacial score (nSPS) is 21.9. The lowest BCUT2D eigenvalue weighted by molar-refractivity contribution is -0.173. The Labute approximate surface area is 160 Å². The Balaban J connectivity index is 1.56. The van der Waals surface area contributed by atoms with E-state index in [1.54, 1.807) is 12.2 Å². The topological polar surface area (TPSA) is 127 Å². The first-order valence-electron chi connectivity index (χ1n) is 8.12. The standard InChI is InChI=1S/C15H16F3N5O4S/c1-6-5-28-11-8(10(24)23(11)9(6)12(25)26)22-14-20-4-7(21-14)2-3-19-13(27)15(16,17)18/h4,8,11H,2-3,5H2,1H3,(H,19,27)(H,25,26)(H2,20,21,22)/t8?,11-/m1/s1. The SMILES string of the molecule is CC1=C(C(=O)O)N2C(=O)C(Nc3ncc(CCNC(=O)C(F)(F)F)[nH]3)[C@H]2SC1. The number of halogens is 3. The summed E-state index contributed by atoms with van der Waals surface area (Å²) < 4.78 is 36.4. The Morgan fingerprint density at radius 3 is 2.82 bits per heavy atom. The molecule has 152 valence electrons. The quantitative estimate of drug-likeness (QED) is 0.500. The lowest BCUT2D eigenvalue weighted by Crippen LogP contribution is -2.67. The number of aromatic amines is 1. The molecular formula is C15H16F3N5O4S. The van der Waals surface area contributed by atoms with Gasteiger partial charge in [-0.3, -0.25) is 14.5 Å². The minimum absolute atomic E-state index is 0.00709. The molecule has 2 aliphatic rings. The van der Waals surface area contributed by atoms with E-state index < -0.39 is 30.0 Å². The number of nitrogens with one attached hydrogen (secondary N) is 3. The number of carbonyl (C=O) groups excluding carboxylic acids is 2. The van der Waals surface area contributed by atoms with Crippen LogP contribution in [0.2, 0.25) is 0 Å². The van der Waals surface area contributed by atoms with Gasteiger partial charge in [-0.25, -0.2) is 9.78 Å². The van der Waals surface area contributed by atoms with E-state index >= 15 is 0 Å². The van der Waals surface area contributed by atoms with Gasteiger partial charge >= 0.3 is 18.1 Å². The second-order valence-corrected chi connectivity index (χ2v) is 7.33. The van der Waals surface area contributed by atoms with Gasteiger partial charge in [-0.2, -0.15) is 13.2 Å². The van der Waals surface area contributed by atoms with E-state index in [2.05, 4.69) is 15.3 Å². The summed E-state index contributed by atoms with van der Waals surface area (Å²) in [5.74, 6) is -2.85. The summed E-state index contributed by atoms with van der Waals surface area (Å²) >= 11 is 1.43. The molecule has 4 N–H and O–H groups in total. The van der Waals surface area contributed by atoms with Crippen LogP contribution in [0.15, 0.2) is 17.5 Å². The predicted molar refractivity (Wildman–Crippen MR) is 92.2 cm³/mol. The van der Waals surface area contributed by atoms with Gasteiger partial charge in [-0.1, -0.05) is 0 Å². The molecule has 0 saturated carbocycles. The molecule has 9 nitrogen and oxygen atoms in total. The molecule has 1 aromatic heterocycles. The molecule has 1 unspecified atom stereocenters. The maximum absolute atomic E-state index is 12.4. The second kappa shape index (κ2) is 7.37. The number of hydrogen-bond acceptors (Lipinski definition) is 6. The first-order valence-corrected chi connectivity index (χ1v) is 9.17. The van der Waals surface area contributed by atoms with Crippen molar-refractivity contribution in [2.45, 2.75) is 30.9 Å².